The van der Waals surface area contributed by atoms with Gasteiger partial charge in [0.2, 0.25) is 0 Å². The highest BCUT2D eigenvalue weighted by Crippen LogP contribution is 2.20. The number of carbonyl (C=O) groups excluding carboxylic acids is 1. The molecule has 0 aliphatic heterocycles. The summed E-state index contributed by atoms with van der Waals surface area (Å²) in [6.45, 7) is 0. The van der Waals surface area contributed by atoms with Crippen LogP contribution in [0, 0.1) is 0 Å². The number of carbonyl (C=O) groups is 1. The van der Waals surface area contributed by atoms with E-state index in [1.54, 1.807) is 36.4 Å². The van der Waals surface area contributed by atoms with Crippen molar-refractivity contribution in [1.29, 1.82) is 0 Å². The van der Waals surface area contributed by atoms with E-state index in [9.17, 15) is 9.90 Å². The highest BCUT2D eigenvalue weighted by molar-refractivity contribution is 6.30. The quantitative estimate of drug-likeness (QED) is 0.655. The van der Waals surface area contributed by atoms with Gasteiger partial charge in [0.15, 0.2) is 0 Å². The number of hydrogen-bond donors (Lipinski definition) is 1. The first-order valence-electron chi connectivity index (χ1n) is 4.92. The number of aromatic hydroxyl groups is 1. The molecule has 17 heavy (non-hydrogen) atoms. The van der Waals surface area contributed by atoms with Crippen molar-refractivity contribution in [2.75, 3.05) is 0 Å². The summed E-state index contributed by atoms with van der Waals surface area (Å²) in [6.07, 6.45) is 0. The Hall–Kier alpha value is -2.00. The molecule has 0 saturated carbocycles. The zero-order valence-electron chi connectivity index (χ0n) is 8.76. The smallest absolute Gasteiger partial charge is 0.347 e. The van der Waals surface area contributed by atoms with Crippen LogP contribution >= 0.6 is 11.6 Å². The summed E-state index contributed by atoms with van der Waals surface area (Å²) in [5, 5.41) is 10.0. The number of rotatable bonds is 2. The van der Waals surface area contributed by atoms with Crippen molar-refractivity contribution < 1.29 is 14.6 Å². The molecule has 0 fully saturated rings. The van der Waals surface area contributed by atoms with Crippen molar-refractivity contribution in [1.82, 2.24) is 0 Å². The topological polar surface area (TPSA) is 46.5 Å². The third-order valence-corrected chi connectivity index (χ3v) is 2.40. The van der Waals surface area contributed by atoms with Crippen LogP contribution in [0.15, 0.2) is 48.5 Å². The summed E-state index contributed by atoms with van der Waals surface area (Å²) in [5.41, 5.74) is 0.127. The zero-order valence-corrected chi connectivity index (χ0v) is 9.52. The summed E-state index contributed by atoms with van der Waals surface area (Å²) in [7, 11) is 0. The molecule has 0 aromatic heterocycles. The number of esters is 1. The highest BCUT2D eigenvalue weighted by atomic mass is 35.5. The SMILES string of the molecule is O=C(Oc1ccc(Cl)cc1)c1ccccc1O. The van der Waals surface area contributed by atoms with Crippen molar-refractivity contribution in [3.05, 3.63) is 59.1 Å². The lowest BCUT2D eigenvalue weighted by atomic mass is 10.2. The molecule has 0 saturated heterocycles. The average Bonchev–Trinajstić information content (AvgIpc) is 2.32. The van der Waals surface area contributed by atoms with Crippen LogP contribution in [0.1, 0.15) is 10.4 Å². The molecule has 2 aromatic carbocycles. The van der Waals surface area contributed by atoms with Gasteiger partial charge in [-0.05, 0) is 36.4 Å². The van der Waals surface area contributed by atoms with Crippen LogP contribution in [0.2, 0.25) is 5.02 Å². The first-order chi connectivity index (χ1) is 8.16. The minimum absolute atomic E-state index is 0.105. The lowest BCUT2D eigenvalue weighted by molar-refractivity contribution is 0.0731. The summed E-state index contributed by atoms with van der Waals surface area (Å²) in [5.74, 6) is -0.334. The monoisotopic (exact) mass is 248 g/mol. The molecule has 0 unspecified atom stereocenters. The van der Waals surface area contributed by atoms with Crippen LogP contribution in [0.4, 0.5) is 0 Å². The second-order valence-electron chi connectivity index (χ2n) is 3.36. The van der Waals surface area contributed by atoms with Gasteiger partial charge in [-0.2, -0.15) is 0 Å². The number of phenols is 1. The zero-order chi connectivity index (χ0) is 12.3. The summed E-state index contributed by atoms with van der Waals surface area (Å²) < 4.78 is 5.08. The van der Waals surface area contributed by atoms with E-state index in [1.807, 2.05) is 0 Å². The first kappa shape index (κ1) is 11.5. The minimum Gasteiger partial charge on any atom is -0.507 e. The lowest BCUT2D eigenvalue weighted by Crippen LogP contribution is -2.08. The molecule has 3 nitrogen and oxygen atoms in total. The molecule has 0 atom stereocenters. The molecule has 0 aliphatic rings. The fraction of sp³-hybridized carbons (Fsp3) is 0. The molecule has 86 valence electrons. The number of benzene rings is 2. The van der Waals surface area contributed by atoms with E-state index >= 15 is 0 Å². The van der Waals surface area contributed by atoms with Crippen LogP contribution in [0.5, 0.6) is 11.5 Å². The summed E-state index contributed by atoms with van der Waals surface area (Å²) in [4.78, 5) is 11.7. The van der Waals surface area contributed by atoms with Crippen LogP contribution < -0.4 is 4.74 Å². The Morgan fingerprint density at radius 2 is 1.71 bits per heavy atom. The Morgan fingerprint density at radius 3 is 2.35 bits per heavy atom. The van der Waals surface area contributed by atoms with Gasteiger partial charge in [-0.25, -0.2) is 4.79 Å². The molecule has 0 aliphatic carbocycles. The second kappa shape index (κ2) is 4.89. The maximum atomic E-state index is 11.7. The molecule has 2 aromatic rings. The van der Waals surface area contributed by atoms with Crippen molar-refractivity contribution >= 4 is 17.6 Å². The Balaban J connectivity index is 2.17. The molecule has 2 rings (SSSR count). The van der Waals surface area contributed by atoms with E-state index in [4.69, 9.17) is 16.3 Å². The fourth-order valence-electron chi connectivity index (χ4n) is 1.31. The molecule has 0 amide bonds. The van der Waals surface area contributed by atoms with Crippen LogP contribution in [-0.4, -0.2) is 11.1 Å². The number of hydrogen-bond acceptors (Lipinski definition) is 3. The van der Waals surface area contributed by atoms with Crippen molar-refractivity contribution in [2.45, 2.75) is 0 Å². The van der Waals surface area contributed by atoms with Gasteiger partial charge in [-0.1, -0.05) is 23.7 Å². The summed E-state index contributed by atoms with van der Waals surface area (Å²) >= 11 is 5.71. The molecule has 1 N–H and O–H groups in total. The Kier molecular flexibility index (Phi) is 3.30. The predicted molar refractivity (Wildman–Crippen MR) is 64.5 cm³/mol. The van der Waals surface area contributed by atoms with Crippen LogP contribution in [-0.2, 0) is 0 Å². The van der Waals surface area contributed by atoms with E-state index < -0.39 is 5.97 Å². The van der Waals surface area contributed by atoms with Gasteiger partial charge < -0.3 is 9.84 Å². The second-order valence-corrected chi connectivity index (χ2v) is 3.80. The van der Waals surface area contributed by atoms with Gasteiger partial charge in [0.25, 0.3) is 0 Å². The number of para-hydroxylation sites is 1. The largest absolute Gasteiger partial charge is 0.507 e. The molecule has 0 radical (unpaired) electrons. The first-order valence-corrected chi connectivity index (χ1v) is 5.30. The minimum atomic E-state index is -0.606. The Labute approximate surface area is 103 Å². The highest BCUT2D eigenvalue weighted by Gasteiger charge is 2.12. The van der Waals surface area contributed by atoms with E-state index in [1.165, 1.54) is 12.1 Å². The van der Waals surface area contributed by atoms with Gasteiger partial charge in [0.1, 0.15) is 17.1 Å². The van der Waals surface area contributed by atoms with Gasteiger partial charge in [-0.3, -0.25) is 0 Å². The number of phenolic OH excluding ortho intramolecular Hbond substituents is 1. The van der Waals surface area contributed by atoms with Gasteiger partial charge >= 0.3 is 5.97 Å². The molecule has 0 heterocycles. The lowest BCUT2D eigenvalue weighted by Gasteiger charge is -2.05. The van der Waals surface area contributed by atoms with Gasteiger partial charge in [0, 0.05) is 5.02 Å². The average molecular weight is 249 g/mol. The maximum Gasteiger partial charge on any atom is 0.347 e. The van der Waals surface area contributed by atoms with Crippen molar-refractivity contribution in [3.8, 4) is 11.5 Å². The van der Waals surface area contributed by atoms with Gasteiger partial charge in [-0.15, -0.1) is 0 Å². The van der Waals surface area contributed by atoms with E-state index in [2.05, 4.69) is 0 Å². The fourth-order valence-corrected chi connectivity index (χ4v) is 1.44. The van der Waals surface area contributed by atoms with E-state index in [-0.39, 0.29) is 11.3 Å². The number of ether oxygens (including phenoxy) is 1. The summed E-state index contributed by atoms with van der Waals surface area (Å²) in [6, 6.07) is 12.6. The Morgan fingerprint density at radius 1 is 1.06 bits per heavy atom. The molecule has 4 heteroatoms. The molecular formula is C13H9ClO3. The van der Waals surface area contributed by atoms with Crippen molar-refractivity contribution in [3.63, 3.8) is 0 Å². The van der Waals surface area contributed by atoms with Crippen LogP contribution in [0.3, 0.4) is 0 Å². The Bertz CT molecular complexity index is 535. The molecule has 0 spiro atoms. The third kappa shape index (κ3) is 2.77. The normalized spacial score (nSPS) is 9.94. The van der Waals surface area contributed by atoms with Crippen molar-refractivity contribution in [2.24, 2.45) is 0 Å². The van der Waals surface area contributed by atoms with E-state index in [0.29, 0.717) is 10.8 Å². The third-order valence-electron chi connectivity index (χ3n) is 2.15. The van der Waals surface area contributed by atoms with Crippen LogP contribution in [0.25, 0.3) is 0 Å². The van der Waals surface area contributed by atoms with Gasteiger partial charge in [0.05, 0.1) is 0 Å². The molecular weight excluding hydrogens is 240 g/mol. The molecule has 0 bridgehead atoms. The predicted octanol–water partition coefficient (Wildman–Crippen LogP) is 3.26. The maximum absolute atomic E-state index is 11.7. The standard InChI is InChI=1S/C13H9ClO3/c14-9-5-7-10(8-6-9)17-13(16)11-3-1-2-4-12(11)15/h1-8,15H. The number of halogens is 1. The van der Waals surface area contributed by atoms with E-state index in [0.717, 1.165) is 0 Å².